The van der Waals surface area contributed by atoms with Crippen LogP contribution in [0.5, 0.6) is 11.5 Å². The summed E-state index contributed by atoms with van der Waals surface area (Å²) in [5.74, 6) is 0.152. The molecule has 0 heterocycles. The third kappa shape index (κ3) is 5.66. The van der Waals surface area contributed by atoms with E-state index in [1.165, 1.54) is 24.3 Å². The van der Waals surface area contributed by atoms with E-state index in [-0.39, 0.29) is 5.75 Å². The van der Waals surface area contributed by atoms with Crippen molar-refractivity contribution in [2.24, 2.45) is 0 Å². The quantitative estimate of drug-likeness (QED) is 0.747. The monoisotopic (exact) mass is 245 g/mol. The predicted molar refractivity (Wildman–Crippen MR) is 53.5 cm³/mol. The van der Waals surface area contributed by atoms with Crippen molar-refractivity contribution in [3.8, 4) is 17.6 Å². The topological polar surface area (TPSA) is 42.2 Å². The Morgan fingerprint density at radius 2 is 1.71 bits per heavy atom. The number of ether oxygens (including phenoxy) is 2. The summed E-state index contributed by atoms with van der Waals surface area (Å²) in [5, 5.41) is 8.28. The Balaban J connectivity index is 2.43. The van der Waals surface area contributed by atoms with E-state index in [0.717, 1.165) is 0 Å². The Hall–Kier alpha value is -1.90. The molecule has 0 radical (unpaired) electrons. The fourth-order valence-electron chi connectivity index (χ4n) is 1.08. The lowest BCUT2D eigenvalue weighted by Gasteiger charge is -2.09. The molecule has 3 nitrogen and oxygen atoms in total. The van der Waals surface area contributed by atoms with E-state index >= 15 is 0 Å². The number of hydrogen-bond acceptors (Lipinski definition) is 3. The Bertz CT molecular complexity index is 381. The zero-order valence-electron chi connectivity index (χ0n) is 8.83. The van der Waals surface area contributed by atoms with Gasteiger partial charge in [-0.15, -0.1) is 13.2 Å². The Kier molecular flexibility index (Phi) is 4.64. The first-order valence-corrected chi connectivity index (χ1v) is 4.87. The van der Waals surface area contributed by atoms with Gasteiger partial charge >= 0.3 is 6.36 Å². The van der Waals surface area contributed by atoms with Crippen molar-refractivity contribution in [3.63, 3.8) is 0 Å². The summed E-state index contributed by atoms with van der Waals surface area (Å²) in [7, 11) is 0. The van der Waals surface area contributed by atoms with E-state index in [4.69, 9.17) is 10.00 Å². The molecule has 1 aromatic carbocycles. The molecule has 92 valence electrons. The highest BCUT2D eigenvalue weighted by atomic mass is 19.4. The van der Waals surface area contributed by atoms with Crippen LogP contribution in [0.4, 0.5) is 13.2 Å². The van der Waals surface area contributed by atoms with Crippen molar-refractivity contribution in [3.05, 3.63) is 24.3 Å². The van der Waals surface area contributed by atoms with Crippen molar-refractivity contribution in [1.29, 1.82) is 5.26 Å². The molecule has 6 heteroatoms. The third-order valence-corrected chi connectivity index (χ3v) is 1.76. The van der Waals surface area contributed by atoms with Crippen molar-refractivity contribution in [1.82, 2.24) is 0 Å². The van der Waals surface area contributed by atoms with Gasteiger partial charge < -0.3 is 9.47 Å². The second-order valence-corrected chi connectivity index (χ2v) is 3.13. The molecule has 0 aliphatic carbocycles. The Labute approximate surface area is 96.4 Å². The summed E-state index contributed by atoms with van der Waals surface area (Å²) in [5.41, 5.74) is 0. The fraction of sp³-hybridized carbons (Fsp3) is 0.364. The SMILES string of the molecule is N#CCCCOc1ccc(OC(F)(F)F)cc1. The first kappa shape index (κ1) is 13.2. The van der Waals surface area contributed by atoms with Gasteiger partial charge in [0.05, 0.1) is 12.7 Å². The number of nitriles is 1. The average Bonchev–Trinajstić information content (AvgIpc) is 2.25. The fourth-order valence-corrected chi connectivity index (χ4v) is 1.08. The molecule has 0 bridgehead atoms. The van der Waals surface area contributed by atoms with Gasteiger partial charge in [-0.05, 0) is 30.7 Å². The molecule has 0 aliphatic heterocycles. The lowest BCUT2D eigenvalue weighted by atomic mass is 10.3. The molecule has 0 saturated carbocycles. The minimum atomic E-state index is -4.69. The van der Waals surface area contributed by atoms with Crippen LogP contribution in [-0.4, -0.2) is 13.0 Å². The Morgan fingerprint density at radius 1 is 1.12 bits per heavy atom. The van der Waals surface area contributed by atoms with Crippen LogP contribution in [0.3, 0.4) is 0 Å². The first-order valence-electron chi connectivity index (χ1n) is 4.87. The van der Waals surface area contributed by atoms with Gasteiger partial charge in [-0.1, -0.05) is 0 Å². The standard InChI is InChI=1S/C11H10F3NO2/c12-11(13,14)17-10-5-3-9(4-6-10)16-8-2-1-7-15/h3-6H,1-2,8H2. The van der Waals surface area contributed by atoms with Crippen molar-refractivity contribution >= 4 is 0 Å². The maximum absolute atomic E-state index is 11.8. The van der Waals surface area contributed by atoms with Crippen LogP contribution < -0.4 is 9.47 Å². The number of halogens is 3. The van der Waals surface area contributed by atoms with E-state index in [2.05, 4.69) is 4.74 Å². The van der Waals surface area contributed by atoms with Gasteiger partial charge in [-0.3, -0.25) is 0 Å². The van der Waals surface area contributed by atoms with Crippen LogP contribution in [0.2, 0.25) is 0 Å². The summed E-state index contributed by atoms with van der Waals surface area (Å²) in [6, 6.07) is 7.08. The lowest BCUT2D eigenvalue weighted by Crippen LogP contribution is -2.16. The van der Waals surface area contributed by atoms with E-state index in [9.17, 15) is 13.2 Å². The molecule has 0 amide bonds. The third-order valence-electron chi connectivity index (χ3n) is 1.76. The summed E-state index contributed by atoms with van der Waals surface area (Å²) in [6.07, 6.45) is -3.72. The van der Waals surface area contributed by atoms with E-state index in [1.807, 2.05) is 6.07 Å². The summed E-state index contributed by atoms with van der Waals surface area (Å²) in [4.78, 5) is 0. The molecular formula is C11H10F3NO2. The molecule has 0 spiro atoms. The first-order chi connectivity index (χ1) is 8.01. The summed E-state index contributed by atoms with van der Waals surface area (Å²) in [6.45, 7) is 0.354. The van der Waals surface area contributed by atoms with Crippen LogP contribution in [-0.2, 0) is 0 Å². The summed E-state index contributed by atoms with van der Waals surface area (Å²) < 4.78 is 44.4. The van der Waals surface area contributed by atoms with E-state index in [1.54, 1.807) is 0 Å². The number of nitrogens with zero attached hydrogens (tertiary/aromatic N) is 1. The number of unbranched alkanes of at least 4 members (excludes halogenated alkanes) is 1. The highest BCUT2D eigenvalue weighted by molar-refractivity contribution is 5.31. The molecule has 0 saturated heterocycles. The predicted octanol–water partition coefficient (Wildman–Crippen LogP) is 3.27. The van der Waals surface area contributed by atoms with E-state index < -0.39 is 6.36 Å². The zero-order chi connectivity index (χ0) is 12.7. The lowest BCUT2D eigenvalue weighted by molar-refractivity contribution is -0.274. The molecular weight excluding hydrogens is 235 g/mol. The van der Waals surface area contributed by atoms with Gasteiger partial charge in [-0.25, -0.2) is 0 Å². The molecule has 0 atom stereocenters. The van der Waals surface area contributed by atoms with Gasteiger partial charge in [0.25, 0.3) is 0 Å². The number of alkyl halides is 3. The highest BCUT2D eigenvalue weighted by Crippen LogP contribution is 2.24. The molecule has 0 unspecified atom stereocenters. The smallest absolute Gasteiger partial charge is 0.494 e. The second-order valence-electron chi connectivity index (χ2n) is 3.13. The van der Waals surface area contributed by atoms with Crippen molar-refractivity contribution in [2.45, 2.75) is 19.2 Å². The van der Waals surface area contributed by atoms with Crippen molar-refractivity contribution < 1.29 is 22.6 Å². The van der Waals surface area contributed by atoms with Crippen LogP contribution in [0, 0.1) is 11.3 Å². The largest absolute Gasteiger partial charge is 0.573 e. The zero-order valence-corrected chi connectivity index (χ0v) is 8.83. The normalized spacial score (nSPS) is 10.7. The number of hydrogen-bond donors (Lipinski definition) is 0. The van der Waals surface area contributed by atoms with Gasteiger partial charge in [0.15, 0.2) is 0 Å². The van der Waals surface area contributed by atoms with Crippen LogP contribution in [0.1, 0.15) is 12.8 Å². The average molecular weight is 245 g/mol. The minimum absolute atomic E-state index is 0.290. The molecule has 0 N–H and O–H groups in total. The number of benzene rings is 1. The van der Waals surface area contributed by atoms with E-state index in [0.29, 0.717) is 25.2 Å². The number of rotatable bonds is 5. The second kappa shape index (κ2) is 5.99. The molecule has 1 aromatic rings. The van der Waals surface area contributed by atoms with Gasteiger partial charge in [-0.2, -0.15) is 5.26 Å². The summed E-state index contributed by atoms with van der Waals surface area (Å²) >= 11 is 0. The van der Waals surface area contributed by atoms with Gasteiger partial charge in [0.2, 0.25) is 0 Å². The minimum Gasteiger partial charge on any atom is -0.494 e. The molecule has 0 aromatic heterocycles. The van der Waals surface area contributed by atoms with Crippen LogP contribution >= 0.6 is 0 Å². The molecule has 1 rings (SSSR count). The van der Waals surface area contributed by atoms with Crippen LogP contribution in [0.25, 0.3) is 0 Å². The maximum atomic E-state index is 11.8. The molecule has 0 fully saturated rings. The van der Waals surface area contributed by atoms with Crippen molar-refractivity contribution in [2.75, 3.05) is 6.61 Å². The Morgan fingerprint density at radius 3 is 2.24 bits per heavy atom. The van der Waals surface area contributed by atoms with Crippen LogP contribution in [0.15, 0.2) is 24.3 Å². The molecule has 0 aliphatic rings. The molecule has 17 heavy (non-hydrogen) atoms. The maximum Gasteiger partial charge on any atom is 0.573 e. The van der Waals surface area contributed by atoms with Gasteiger partial charge in [0.1, 0.15) is 11.5 Å². The van der Waals surface area contributed by atoms with Gasteiger partial charge in [0, 0.05) is 6.42 Å². The highest BCUT2D eigenvalue weighted by Gasteiger charge is 2.30.